The maximum Gasteiger partial charge on any atom is 0.132 e. The van der Waals surface area contributed by atoms with E-state index in [9.17, 15) is 0 Å². The van der Waals surface area contributed by atoms with Crippen molar-refractivity contribution in [1.29, 1.82) is 0 Å². The zero-order valence-electron chi connectivity index (χ0n) is 11.6. The van der Waals surface area contributed by atoms with Crippen molar-refractivity contribution in [1.82, 2.24) is 15.0 Å². The molecular formula is C15H18N4O. The fraction of sp³-hybridized carbons (Fsp3) is 0.400. The molecule has 0 bridgehead atoms. The van der Waals surface area contributed by atoms with Gasteiger partial charge in [0.2, 0.25) is 0 Å². The van der Waals surface area contributed by atoms with E-state index in [1.807, 2.05) is 25.3 Å². The molecule has 1 atom stereocenters. The van der Waals surface area contributed by atoms with Gasteiger partial charge < -0.3 is 9.64 Å². The Morgan fingerprint density at radius 2 is 2.35 bits per heavy atom. The fourth-order valence-electron chi connectivity index (χ4n) is 2.45. The van der Waals surface area contributed by atoms with E-state index in [1.54, 1.807) is 12.5 Å². The highest BCUT2D eigenvalue weighted by molar-refractivity contribution is 5.39. The Kier molecular flexibility index (Phi) is 3.87. The molecule has 0 amide bonds. The van der Waals surface area contributed by atoms with Gasteiger partial charge in [0.25, 0.3) is 0 Å². The monoisotopic (exact) mass is 270 g/mol. The lowest BCUT2D eigenvalue weighted by Gasteiger charge is -2.33. The molecule has 1 fully saturated rings. The summed E-state index contributed by atoms with van der Waals surface area (Å²) in [4.78, 5) is 14.9. The summed E-state index contributed by atoms with van der Waals surface area (Å²) in [5.41, 5.74) is 2.20. The van der Waals surface area contributed by atoms with E-state index in [4.69, 9.17) is 4.74 Å². The van der Waals surface area contributed by atoms with E-state index in [1.165, 1.54) is 5.56 Å². The first kappa shape index (κ1) is 13.0. The second-order valence-electron chi connectivity index (χ2n) is 5.02. The Bertz CT molecular complexity index is 561. The minimum Gasteiger partial charge on any atom is -0.374 e. The molecule has 1 aliphatic heterocycles. The van der Waals surface area contributed by atoms with Crippen LogP contribution in [0.4, 0.5) is 5.82 Å². The number of nitrogens with zero attached hydrogens (tertiary/aromatic N) is 4. The lowest BCUT2D eigenvalue weighted by molar-refractivity contribution is 0.0407. The fourth-order valence-corrected chi connectivity index (χ4v) is 2.45. The molecule has 104 valence electrons. The van der Waals surface area contributed by atoms with E-state index in [-0.39, 0.29) is 6.10 Å². The molecule has 5 nitrogen and oxygen atoms in total. The number of aromatic nitrogens is 3. The van der Waals surface area contributed by atoms with Crippen LogP contribution in [0.5, 0.6) is 0 Å². The quantitative estimate of drug-likeness (QED) is 0.848. The zero-order chi connectivity index (χ0) is 13.8. The molecule has 3 rings (SSSR count). The minimum atomic E-state index is 0.184. The van der Waals surface area contributed by atoms with E-state index < -0.39 is 0 Å². The van der Waals surface area contributed by atoms with Crippen molar-refractivity contribution >= 4 is 5.82 Å². The Hall–Kier alpha value is -2.01. The van der Waals surface area contributed by atoms with E-state index in [2.05, 4.69) is 25.9 Å². The summed E-state index contributed by atoms with van der Waals surface area (Å²) < 4.78 is 5.85. The van der Waals surface area contributed by atoms with Crippen molar-refractivity contribution < 1.29 is 4.74 Å². The van der Waals surface area contributed by atoms with Gasteiger partial charge in [-0.2, -0.15) is 0 Å². The molecule has 0 unspecified atom stereocenters. The number of ether oxygens (including phenoxy) is 1. The number of morpholine rings is 1. The van der Waals surface area contributed by atoms with Crippen LogP contribution in [0.3, 0.4) is 0 Å². The largest absolute Gasteiger partial charge is 0.374 e. The molecule has 1 saturated heterocycles. The summed E-state index contributed by atoms with van der Waals surface area (Å²) >= 11 is 0. The van der Waals surface area contributed by atoms with Gasteiger partial charge in [0.15, 0.2) is 0 Å². The highest BCUT2D eigenvalue weighted by Crippen LogP contribution is 2.17. The number of rotatable bonds is 3. The third-order valence-electron chi connectivity index (χ3n) is 3.44. The van der Waals surface area contributed by atoms with Crippen molar-refractivity contribution in [3.05, 3.63) is 48.2 Å². The van der Waals surface area contributed by atoms with Crippen LogP contribution in [0.2, 0.25) is 0 Å². The SMILES string of the molecule is Cc1cc(N2CCO[C@@H](Cc3cccnc3)C2)ncn1. The van der Waals surface area contributed by atoms with Crippen LogP contribution in [0.25, 0.3) is 0 Å². The van der Waals surface area contributed by atoms with E-state index in [0.29, 0.717) is 0 Å². The molecule has 1 aliphatic rings. The summed E-state index contributed by atoms with van der Waals surface area (Å²) in [5.74, 6) is 0.983. The first-order valence-electron chi connectivity index (χ1n) is 6.85. The molecule has 0 aliphatic carbocycles. The first-order valence-corrected chi connectivity index (χ1v) is 6.85. The Balaban J connectivity index is 1.67. The van der Waals surface area contributed by atoms with Gasteiger partial charge in [-0.1, -0.05) is 6.07 Å². The Morgan fingerprint density at radius 1 is 1.40 bits per heavy atom. The molecule has 0 aromatic carbocycles. The molecule has 0 N–H and O–H groups in total. The molecular weight excluding hydrogens is 252 g/mol. The molecule has 2 aromatic rings. The molecule has 3 heterocycles. The van der Waals surface area contributed by atoms with Crippen molar-refractivity contribution in [3.8, 4) is 0 Å². The molecule has 20 heavy (non-hydrogen) atoms. The number of hydrogen-bond donors (Lipinski definition) is 0. The summed E-state index contributed by atoms with van der Waals surface area (Å²) in [6.45, 7) is 4.44. The highest BCUT2D eigenvalue weighted by Gasteiger charge is 2.21. The summed E-state index contributed by atoms with van der Waals surface area (Å²) in [7, 11) is 0. The smallest absolute Gasteiger partial charge is 0.132 e. The van der Waals surface area contributed by atoms with Crippen LogP contribution in [0.15, 0.2) is 36.9 Å². The van der Waals surface area contributed by atoms with Crippen LogP contribution in [0.1, 0.15) is 11.3 Å². The third-order valence-corrected chi connectivity index (χ3v) is 3.44. The predicted molar refractivity (Wildman–Crippen MR) is 76.7 cm³/mol. The van der Waals surface area contributed by atoms with Gasteiger partial charge in [-0.3, -0.25) is 4.98 Å². The molecule has 0 saturated carbocycles. The van der Waals surface area contributed by atoms with Gasteiger partial charge in [-0.05, 0) is 18.6 Å². The number of hydrogen-bond acceptors (Lipinski definition) is 5. The summed E-state index contributed by atoms with van der Waals surface area (Å²) in [6.07, 6.45) is 6.38. The van der Waals surface area contributed by atoms with Gasteiger partial charge in [0, 0.05) is 43.7 Å². The minimum absolute atomic E-state index is 0.184. The van der Waals surface area contributed by atoms with Crippen LogP contribution >= 0.6 is 0 Å². The van der Waals surface area contributed by atoms with Crippen molar-refractivity contribution in [3.63, 3.8) is 0 Å². The molecule has 5 heteroatoms. The maximum atomic E-state index is 5.85. The lowest BCUT2D eigenvalue weighted by atomic mass is 10.1. The molecule has 0 radical (unpaired) electrons. The number of anilines is 1. The van der Waals surface area contributed by atoms with Crippen molar-refractivity contribution in [2.75, 3.05) is 24.6 Å². The lowest BCUT2D eigenvalue weighted by Crippen LogP contribution is -2.43. The second-order valence-corrected chi connectivity index (χ2v) is 5.02. The highest BCUT2D eigenvalue weighted by atomic mass is 16.5. The number of aryl methyl sites for hydroxylation is 1. The topological polar surface area (TPSA) is 51.1 Å². The average molecular weight is 270 g/mol. The third kappa shape index (κ3) is 3.11. The standard InChI is InChI=1S/C15H18N4O/c1-12-7-15(18-11-17-12)19-5-6-20-14(10-19)8-13-3-2-4-16-9-13/h2-4,7,9,11,14H,5-6,8,10H2,1H3/t14-/m0/s1. The van der Waals surface area contributed by atoms with Gasteiger partial charge in [0.1, 0.15) is 12.1 Å². The molecule has 2 aromatic heterocycles. The van der Waals surface area contributed by atoms with Crippen LogP contribution in [0, 0.1) is 6.92 Å². The average Bonchev–Trinajstić information content (AvgIpc) is 2.49. The maximum absolute atomic E-state index is 5.85. The van der Waals surface area contributed by atoms with Gasteiger partial charge in [0.05, 0.1) is 12.7 Å². The van der Waals surface area contributed by atoms with Crippen molar-refractivity contribution in [2.24, 2.45) is 0 Å². The summed E-state index contributed by atoms with van der Waals surface area (Å²) in [6, 6.07) is 6.07. The normalized spacial score (nSPS) is 19.1. The van der Waals surface area contributed by atoms with Gasteiger partial charge in [-0.15, -0.1) is 0 Å². The van der Waals surface area contributed by atoms with Gasteiger partial charge >= 0.3 is 0 Å². The van der Waals surface area contributed by atoms with E-state index >= 15 is 0 Å². The van der Waals surface area contributed by atoms with Crippen LogP contribution < -0.4 is 4.90 Å². The van der Waals surface area contributed by atoms with Crippen LogP contribution in [-0.2, 0) is 11.2 Å². The Labute approximate surface area is 118 Å². The second kappa shape index (κ2) is 5.96. The van der Waals surface area contributed by atoms with Crippen LogP contribution in [-0.4, -0.2) is 40.8 Å². The van der Waals surface area contributed by atoms with E-state index in [0.717, 1.165) is 37.6 Å². The zero-order valence-corrected chi connectivity index (χ0v) is 11.6. The van der Waals surface area contributed by atoms with Gasteiger partial charge in [-0.25, -0.2) is 9.97 Å². The molecule has 0 spiro atoms. The van der Waals surface area contributed by atoms with Crippen molar-refractivity contribution in [2.45, 2.75) is 19.4 Å². The predicted octanol–water partition coefficient (Wildman–Crippen LogP) is 1.63. The Morgan fingerprint density at radius 3 is 3.15 bits per heavy atom. The summed E-state index contributed by atoms with van der Waals surface area (Å²) in [5, 5.41) is 0. The first-order chi connectivity index (χ1) is 9.81. The number of pyridine rings is 1.